The van der Waals surface area contributed by atoms with E-state index >= 15 is 0 Å². The zero-order valence-corrected chi connectivity index (χ0v) is 43.0. The van der Waals surface area contributed by atoms with Crippen molar-refractivity contribution in [2.24, 2.45) is 0 Å². The van der Waals surface area contributed by atoms with Gasteiger partial charge in [-0.05, 0) is 80.9 Å². The van der Waals surface area contributed by atoms with Crippen LogP contribution in [0.25, 0.3) is 77.7 Å². The van der Waals surface area contributed by atoms with Crippen molar-refractivity contribution < 1.29 is 4.42 Å². The van der Waals surface area contributed by atoms with E-state index in [1.165, 1.54) is 58.2 Å². The van der Waals surface area contributed by atoms with Gasteiger partial charge in [-0.3, -0.25) is 0 Å². The third-order valence-corrected chi connectivity index (χ3v) is 25.3. The summed E-state index contributed by atoms with van der Waals surface area (Å²) in [5.41, 5.74) is 12.9. The van der Waals surface area contributed by atoms with Crippen LogP contribution in [0.5, 0.6) is 0 Å². The molecule has 75 heavy (non-hydrogen) atoms. The molecule has 14 rings (SSSR count). The van der Waals surface area contributed by atoms with Crippen molar-refractivity contribution in [1.29, 1.82) is 0 Å². The van der Waals surface area contributed by atoms with Crippen molar-refractivity contribution in [1.82, 2.24) is 9.97 Å². The van der Waals surface area contributed by atoms with Gasteiger partial charge in [0.2, 0.25) is 0 Å². The molecule has 0 spiro atoms. The monoisotopic (exact) mass is 988 g/mol. The fourth-order valence-corrected chi connectivity index (χ4v) is 22.0. The summed E-state index contributed by atoms with van der Waals surface area (Å²) in [4.78, 5) is 9.62. The molecular formula is C70H48N2OSi2. The number of para-hydroxylation sites is 2. The number of hydrogen-bond donors (Lipinski definition) is 0. The Balaban J connectivity index is 1.02. The molecule has 0 N–H and O–H groups in total. The maximum Gasteiger partial charge on any atom is 0.179 e. The highest BCUT2D eigenvalue weighted by Gasteiger charge is 2.45. The topological polar surface area (TPSA) is 38.9 Å². The normalized spacial score (nSPS) is 12.0. The van der Waals surface area contributed by atoms with Crippen molar-refractivity contribution in [3.05, 3.63) is 292 Å². The van der Waals surface area contributed by atoms with E-state index in [2.05, 4.69) is 278 Å². The zero-order valence-electron chi connectivity index (χ0n) is 41.0. The third-order valence-electron chi connectivity index (χ3n) is 15.7. The van der Waals surface area contributed by atoms with Crippen LogP contribution in [0, 0.1) is 0 Å². The standard InChI is InChI=1S/C70H48N2OSi2/c1-5-22-50(23-6-1)74(51-24-7-2-8-25-51,56-30-19-21-49(45-56)58-36-20-37-65-63-34-17-18-38-68(63)73-70(58)65)54-39-41-55(42-40-54)75(52-26-9-3-10-27-52,53-28-11-4-12-29-53)57-43-44-62-66(46-57)61-33-14-13-31-59(61)60-32-15-16-35-64(60)69-67(62)47-71-48-72-69/h1-48H. The van der Waals surface area contributed by atoms with Crippen molar-refractivity contribution in [2.75, 3.05) is 0 Å². The molecule has 0 bridgehead atoms. The first-order valence-electron chi connectivity index (χ1n) is 25.7. The molecule has 0 saturated carbocycles. The number of benzene rings is 11. The highest BCUT2D eigenvalue weighted by Crippen LogP contribution is 2.46. The van der Waals surface area contributed by atoms with E-state index in [1.54, 1.807) is 6.33 Å². The van der Waals surface area contributed by atoms with Gasteiger partial charge < -0.3 is 4.42 Å². The second-order valence-electron chi connectivity index (χ2n) is 19.5. The van der Waals surface area contributed by atoms with Gasteiger partial charge in [0.05, 0.1) is 5.69 Å². The molecular weight excluding hydrogens is 941 g/mol. The lowest BCUT2D eigenvalue weighted by Gasteiger charge is -2.37. The Morgan fingerprint density at radius 3 is 1.29 bits per heavy atom. The largest absolute Gasteiger partial charge is 0.455 e. The van der Waals surface area contributed by atoms with E-state index in [1.807, 2.05) is 12.3 Å². The van der Waals surface area contributed by atoms with Crippen LogP contribution in [-0.2, 0) is 0 Å². The minimum atomic E-state index is -3.11. The van der Waals surface area contributed by atoms with Gasteiger partial charge in [0, 0.05) is 33.7 Å². The molecule has 3 nitrogen and oxygen atoms in total. The minimum absolute atomic E-state index is 0.899. The van der Waals surface area contributed by atoms with Crippen molar-refractivity contribution in [3.8, 4) is 55.8 Å². The van der Waals surface area contributed by atoms with Gasteiger partial charge >= 0.3 is 0 Å². The van der Waals surface area contributed by atoms with E-state index in [-0.39, 0.29) is 0 Å². The van der Waals surface area contributed by atoms with Gasteiger partial charge in [-0.25, -0.2) is 9.97 Å². The Labute approximate surface area is 438 Å². The van der Waals surface area contributed by atoms with Gasteiger partial charge in [0.25, 0.3) is 0 Å². The van der Waals surface area contributed by atoms with E-state index in [0.29, 0.717) is 0 Å². The first kappa shape index (κ1) is 44.4. The Morgan fingerprint density at radius 2 is 0.693 bits per heavy atom. The summed E-state index contributed by atoms with van der Waals surface area (Å²) in [6.45, 7) is 0. The summed E-state index contributed by atoms with van der Waals surface area (Å²) in [5.74, 6) is 0. The molecule has 1 aliphatic rings. The lowest BCUT2D eigenvalue weighted by molar-refractivity contribution is 0.670. The third kappa shape index (κ3) is 7.08. The zero-order chi connectivity index (χ0) is 49.8. The summed E-state index contributed by atoms with van der Waals surface area (Å²) in [7, 11) is -6.16. The summed E-state index contributed by atoms with van der Waals surface area (Å²) in [6, 6.07) is 104. The van der Waals surface area contributed by atoms with Crippen molar-refractivity contribution in [2.45, 2.75) is 0 Å². The van der Waals surface area contributed by atoms with Crippen LogP contribution in [0.1, 0.15) is 0 Å². The van der Waals surface area contributed by atoms with Gasteiger partial charge in [-0.1, -0.05) is 273 Å². The lowest BCUT2D eigenvalue weighted by atomic mass is 9.83. The van der Waals surface area contributed by atoms with Crippen LogP contribution in [-0.4, -0.2) is 26.1 Å². The smallest absolute Gasteiger partial charge is 0.179 e. The van der Waals surface area contributed by atoms with Crippen LogP contribution in [0.3, 0.4) is 0 Å². The van der Waals surface area contributed by atoms with Crippen LogP contribution < -0.4 is 41.5 Å². The Kier molecular flexibility index (Phi) is 10.9. The molecule has 0 saturated heterocycles. The Bertz CT molecular complexity index is 4150. The molecule has 1 aliphatic carbocycles. The SMILES string of the molecule is c1ccc([Si](c2ccccc2)(c2ccc([Si](c3ccccc3)(c3ccccc3)c3ccc4c(c3)-c3ccccc3-c3ccccc3-c3ncncc3-4)cc2)c2cccc(-c3cccc4c3oc3ccccc34)c2)cc1. The first-order chi connectivity index (χ1) is 37.2. The number of fused-ring (bicyclic) bond motifs is 11. The van der Waals surface area contributed by atoms with E-state index in [4.69, 9.17) is 9.40 Å². The second kappa shape index (κ2) is 18.3. The Hall–Kier alpha value is -9.27. The lowest BCUT2D eigenvalue weighted by Crippen LogP contribution is -2.76. The predicted molar refractivity (Wildman–Crippen MR) is 317 cm³/mol. The van der Waals surface area contributed by atoms with Crippen LogP contribution in [0.2, 0.25) is 0 Å². The highest BCUT2D eigenvalue weighted by atomic mass is 28.3. The summed E-state index contributed by atoms with van der Waals surface area (Å²) >= 11 is 0. The minimum Gasteiger partial charge on any atom is -0.455 e. The number of hydrogen-bond acceptors (Lipinski definition) is 3. The molecule has 0 radical (unpaired) electrons. The van der Waals surface area contributed by atoms with Crippen LogP contribution in [0.4, 0.5) is 0 Å². The quantitative estimate of drug-likeness (QED) is 0.107. The molecule has 11 aromatic carbocycles. The van der Waals surface area contributed by atoms with Crippen molar-refractivity contribution >= 4 is 79.6 Å². The Morgan fingerprint density at radius 1 is 0.280 bits per heavy atom. The van der Waals surface area contributed by atoms with Crippen LogP contribution >= 0.6 is 0 Å². The first-order valence-corrected chi connectivity index (χ1v) is 29.7. The van der Waals surface area contributed by atoms with Gasteiger partial charge in [-0.2, -0.15) is 0 Å². The molecule has 5 heteroatoms. The number of aromatic nitrogens is 2. The van der Waals surface area contributed by atoms with Gasteiger partial charge in [-0.15, -0.1) is 0 Å². The predicted octanol–water partition coefficient (Wildman–Crippen LogP) is 11.8. The maximum absolute atomic E-state index is 6.67. The maximum atomic E-state index is 6.67. The molecule has 0 aliphatic heterocycles. The van der Waals surface area contributed by atoms with Crippen molar-refractivity contribution in [3.63, 3.8) is 0 Å². The molecule has 352 valence electrons. The number of furan rings is 1. The van der Waals surface area contributed by atoms with E-state index < -0.39 is 16.1 Å². The summed E-state index contributed by atoms with van der Waals surface area (Å²) < 4.78 is 6.67. The van der Waals surface area contributed by atoms with Crippen LogP contribution in [0.15, 0.2) is 296 Å². The molecule has 0 amide bonds. The number of nitrogens with zero attached hydrogens (tertiary/aromatic N) is 2. The fourth-order valence-electron chi connectivity index (χ4n) is 12.5. The molecule has 0 fully saturated rings. The molecule has 0 atom stereocenters. The molecule has 13 aromatic rings. The molecule has 2 heterocycles. The number of rotatable bonds is 9. The van der Waals surface area contributed by atoms with Gasteiger partial charge in [0.15, 0.2) is 16.1 Å². The second-order valence-corrected chi connectivity index (χ2v) is 27.2. The summed E-state index contributed by atoms with van der Waals surface area (Å²) in [5, 5.41) is 12.8. The molecule has 2 aromatic heterocycles. The van der Waals surface area contributed by atoms with E-state index in [0.717, 1.165) is 61.0 Å². The van der Waals surface area contributed by atoms with Gasteiger partial charge in [0.1, 0.15) is 17.5 Å². The summed E-state index contributed by atoms with van der Waals surface area (Å²) in [6.07, 6.45) is 3.67. The average Bonchev–Trinajstić information content (AvgIpc) is 3.88. The highest BCUT2D eigenvalue weighted by molar-refractivity contribution is 7.21. The molecule has 0 unspecified atom stereocenters. The fraction of sp³-hybridized carbons (Fsp3) is 0. The average molecular weight is 989 g/mol. The van der Waals surface area contributed by atoms with E-state index in [9.17, 15) is 0 Å².